The highest BCUT2D eigenvalue weighted by Crippen LogP contribution is 2.30. The normalized spacial score (nSPS) is 22.0. The van der Waals surface area contributed by atoms with Gasteiger partial charge in [-0.1, -0.05) is 25.8 Å². The summed E-state index contributed by atoms with van der Waals surface area (Å²) in [5, 5.41) is 11.9. The number of aliphatic hydroxyl groups is 1. The molecule has 1 aliphatic rings. The smallest absolute Gasteiger partial charge is 0.220 e. The molecule has 1 aromatic carbocycles. The van der Waals surface area contributed by atoms with E-state index < -0.39 is 5.82 Å². The molecule has 0 aliphatic heterocycles. The summed E-state index contributed by atoms with van der Waals surface area (Å²) >= 11 is 0. The van der Waals surface area contributed by atoms with Gasteiger partial charge in [0.05, 0.1) is 6.61 Å². The number of hydrogen-bond acceptors (Lipinski definition) is 2. The van der Waals surface area contributed by atoms with Crippen molar-refractivity contribution in [1.29, 1.82) is 0 Å². The zero-order chi connectivity index (χ0) is 15.2. The molecule has 2 rings (SSSR count). The van der Waals surface area contributed by atoms with Crippen molar-refractivity contribution in [3.05, 3.63) is 35.1 Å². The van der Waals surface area contributed by atoms with Crippen LogP contribution in [0.15, 0.2) is 18.2 Å². The SMILES string of the molecule is CC1CCCC(CC(=O)NCc2ccc(F)c(CO)c2)C1. The predicted molar refractivity (Wildman–Crippen MR) is 79.9 cm³/mol. The van der Waals surface area contributed by atoms with Gasteiger partial charge in [0.1, 0.15) is 5.82 Å². The lowest BCUT2D eigenvalue weighted by Gasteiger charge is -2.26. The molecule has 116 valence electrons. The third-order valence-electron chi connectivity index (χ3n) is 4.29. The molecular weight excluding hydrogens is 269 g/mol. The molecule has 1 saturated carbocycles. The summed E-state index contributed by atoms with van der Waals surface area (Å²) in [4.78, 5) is 12.0. The first-order valence-corrected chi connectivity index (χ1v) is 7.73. The van der Waals surface area contributed by atoms with Crippen LogP contribution in [0.25, 0.3) is 0 Å². The highest BCUT2D eigenvalue weighted by molar-refractivity contribution is 5.76. The lowest BCUT2D eigenvalue weighted by Crippen LogP contribution is -2.27. The molecule has 21 heavy (non-hydrogen) atoms. The van der Waals surface area contributed by atoms with Gasteiger partial charge in [0.2, 0.25) is 5.91 Å². The molecule has 4 heteroatoms. The van der Waals surface area contributed by atoms with Crippen LogP contribution < -0.4 is 5.32 Å². The molecule has 1 amide bonds. The van der Waals surface area contributed by atoms with Crippen molar-refractivity contribution in [3.63, 3.8) is 0 Å². The number of carbonyl (C=O) groups is 1. The molecule has 0 spiro atoms. The van der Waals surface area contributed by atoms with Gasteiger partial charge in [-0.05, 0) is 42.4 Å². The van der Waals surface area contributed by atoms with Crippen LogP contribution in [0.4, 0.5) is 4.39 Å². The Bertz CT molecular complexity index is 490. The third-order valence-corrected chi connectivity index (χ3v) is 4.29. The number of benzene rings is 1. The highest BCUT2D eigenvalue weighted by atomic mass is 19.1. The van der Waals surface area contributed by atoms with E-state index in [2.05, 4.69) is 12.2 Å². The summed E-state index contributed by atoms with van der Waals surface area (Å²) in [6.45, 7) is 2.31. The maximum absolute atomic E-state index is 13.3. The van der Waals surface area contributed by atoms with Gasteiger partial charge in [-0.25, -0.2) is 4.39 Å². The fourth-order valence-corrected chi connectivity index (χ4v) is 3.14. The van der Waals surface area contributed by atoms with Crippen molar-refractivity contribution < 1.29 is 14.3 Å². The molecule has 3 nitrogen and oxygen atoms in total. The highest BCUT2D eigenvalue weighted by Gasteiger charge is 2.21. The Hall–Kier alpha value is -1.42. The number of amides is 1. The van der Waals surface area contributed by atoms with Crippen LogP contribution in [-0.4, -0.2) is 11.0 Å². The number of aliphatic hydroxyl groups excluding tert-OH is 1. The molecular formula is C17H24FNO2. The minimum atomic E-state index is -0.413. The summed E-state index contributed by atoms with van der Waals surface area (Å²) in [5.41, 5.74) is 1.08. The molecule has 0 heterocycles. The van der Waals surface area contributed by atoms with Crippen molar-refractivity contribution >= 4 is 5.91 Å². The molecule has 1 aliphatic carbocycles. The summed E-state index contributed by atoms with van der Waals surface area (Å²) in [7, 11) is 0. The average molecular weight is 293 g/mol. The van der Waals surface area contributed by atoms with Crippen molar-refractivity contribution in [1.82, 2.24) is 5.32 Å². The van der Waals surface area contributed by atoms with E-state index in [1.54, 1.807) is 12.1 Å². The second kappa shape index (κ2) is 7.55. The number of nitrogens with one attached hydrogen (secondary N) is 1. The summed E-state index contributed by atoms with van der Waals surface area (Å²) in [6, 6.07) is 4.56. The first-order chi connectivity index (χ1) is 10.1. The lowest BCUT2D eigenvalue weighted by atomic mass is 9.81. The monoisotopic (exact) mass is 293 g/mol. The minimum Gasteiger partial charge on any atom is -0.392 e. The molecule has 2 unspecified atom stereocenters. The van der Waals surface area contributed by atoms with E-state index >= 15 is 0 Å². The fourth-order valence-electron chi connectivity index (χ4n) is 3.14. The molecule has 0 aromatic heterocycles. The average Bonchev–Trinajstić information content (AvgIpc) is 2.46. The van der Waals surface area contributed by atoms with Crippen LogP contribution >= 0.6 is 0 Å². The van der Waals surface area contributed by atoms with Crippen molar-refractivity contribution in [2.75, 3.05) is 0 Å². The van der Waals surface area contributed by atoms with Crippen LogP contribution in [0.2, 0.25) is 0 Å². The maximum atomic E-state index is 13.3. The zero-order valence-electron chi connectivity index (χ0n) is 12.6. The van der Waals surface area contributed by atoms with E-state index in [0.29, 0.717) is 18.9 Å². The number of halogens is 1. The van der Waals surface area contributed by atoms with Gasteiger partial charge in [0.15, 0.2) is 0 Å². The Balaban J connectivity index is 1.81. The van der Waals surface area contributed by atoms with Gasteiger partial charge in [-0.3, -0.25) is 4.79 Å². The largest absolute Gasteiger partial charge is 0.392 e. The van der Waals surface area contributed by atoms with Crippen LogP contribution in [0.5, 0.6) is 0 Å². The number of carbonyl (C=O) groups excluding carboxylic acids is 1. The first-order valence-electron chi connectivity index (χ1n) is 7.73. The molecule has 0 saturated heterocycles. The van der Waals surface area contributed by atoms with Crippen molar-refractivity contribution in [2.24, 2.45) is 11.8 Å². The minimum absolute atomic E-state index is 0.0592. The first kappa shape index (κ1) is 16.0. The van der Waals surface area contributed by atoms with Crippen molar-refractivity contribution in [3.8, 4) is 0 Å². The van der Waals surface area contributed by atoms with Gasteiger partial charge >= 0.3 is 0 Å². The van der Waals surface area contributed by atoms with E-state index in [-0.39, 0.29) is 18.1 Å². The van der Waals surface area contributed by atoms with E-state index in [1.165, 1.54) is 18.9 Å². The predicted octanol–water partition coefficient (Wildman–Crippen LogP) is 3.15. The zero-order valence-corrected chi connectivity index (χ0v) is 12.6. The van der Waals surface area contributed by atoms with E-state index in [0.717, 1.165) is 24.3 Å². The van der Waals surface area contributed by atoms with Crippen LogP contribution in [0.3, 0.4) is 0 Å². The molecule has 0 radical (unpaired) electrons. The quantitative estimate of drug-likeness (QED) is 0.876. The van der Waals surface area contributed by atoms with Crippen LogP contribution in [0, 0.1) is 17.7 Å². The molecule has 1 aromatic rings. The maximum Gasteiger partial charge on any atom is 0.220 e. The Morgan fingerprint density at radius 2 is 2.24 bits per heavy atom. The van der Waals surface area contributed by atoms with Gasteiger partial charge in [-0.15, -0.1) is 0 Å². The molecule has 2 N–H and O–H groups in total. The van der Waals surface area contributed by atoms with E-state index in [1.807, 2.05) is 0 Å². The Morgan fingerprint density at radius 3 is 2.95 bits per heavy atom. The van der Waals surface area contributed by atoms with E-state index in [9.17, 15) is 9.18 Å². The van der Waals surface area contributed by atoms with Crippen molar-refractivity contribution in [2.45, 2.75) is 52.2 Å². The lowest BCUT2D eigenvalue weighted by molar-refractivity contribution is -0.122. The summed E-state index contributed by atoms with van der Waals surface area (Å²) < 4.78 is 13.3. The number of hydrogen-bond donors (Lipinski definition) is 2. The molecule has 2 atom stereocenters. The Morgan fingerprint density at radius 1 is 1.43 bits per heavy atom. The molecule has 1 fully saturated rings. The number of rotatable bonds is 5. The Labute approximate surface area is 125 Å². The van der Waals surface area contributed by atoms with Gasteiger partial charge in [0.25, 0.3) is 0 Å². The summed E-state index contributed by atoms with van der Waals surface area (Å²) in [6.07, 6.45) is 5.36. The van der Waals surface area contributed by atoms with Crippen LogP contribution in [0.1, 0.15) is 50.2 Å². The second-order valence-corrected chi connectivity index (χ2v) is 6.20. The van der Waals surface area contributed by atoms with Crippen LogP contribution in [-0.2, 0) is 17.9 Å². The Kier molecular flexibility index (Phi) is 5.74. The topological polar surface area (TPSA) is 49.3 Å². The van der Waals surface area contributed by atoms with Gasteiger partial charge < -0.3 is 10.4 Å². The third kappa shape index (κ3) is 4.81. The van der Waals surface area contributed by atoms with Gasteiger partial charge in [0, 0.05) is 18.5 Å². The second-order valence-electron chi connectivity index (χ2n) is 6.20. The summed E-state index contributed by atoms with van der Waals surface area (Å²) in [5.74, 6) is 0.864. The molecule has 0 bridgehead atoms. The fraction of sp³-hybridized carbons (Fsp3) is 0.588. The van der Waals surface area contributed by atoms with Gasteiger partial charge in [-0.2, -0.15) is 0 Å². The standard InChI is InChI=1S/C17H24FNO2/c1-12-3-2-4-13(7-12)9-17(21)19-10-14-5-6-16(18)15(8-14)11-20/h5-6,8,12-13,20H,2-4,7,9-11H2,1H3,(H,19,21). The van der Waals surface area contributed by atoms with E-state index in [4.69, 9.17) is 5.11 Å².